The van der Waals surface area contributed by atoms with Crippen molar-refractivity contribution >= 4 is 23.2 Å². The standard InChI is InChI=1S/C19H20N2O5/c1-24-16-8-7-13(11-17(16)25-2)20-18(22)9-10-21-14-5-3-4-6-15(14)26-12-19(21)23/h3-8,11H,9-10,12H2,1-2H3,(H,20,22). The lowest BCUT2D eigenvalue weighted by molar-refractivity contribution is -0.121. The molecule has 3 rings (SSSR count). The van der Waals surface area contributed by atoms with Gasteiger partial charge in [-0.1, -0.05) is 12.1 Å². The zero-order valence-electron chi connectivity index (χ0n) is 14.7. The molecule has 0 fully saturated rings. The molecule has 0 bridgehead atoms. The molecule has 0 spiro atoms. The average Bonchev–Trinajstić information content (AvgIpc) is 2.67. The van der Waals surface area contributed by atoms with Crippen molar-refractivity contribution in [3.8, 4) is 17.2 Å². The van der Waals surface area contributed by atoms with Gasteiger partial charge in [0.2, 0.25) is 5.91 Å². The molecule has 0 radical (unpaired) electrons. The van der Waals surface area contributed by atoms with E-state index in [0.29, 0.717) is 28.6 Å². The zero-order chi connectivity index (χ0) is 18.5. The average molecular weight is 356 g/mol. The van der Waals surface area contributed by atoms with Gasteiger partial charge in [-0.3, -0.25) is 9.59 Å². The summed E-state index contributed by atoms with van der Waals surface area (Å²) < 4.78 is 15.8. The van der Waals surface area contributed by atoms with E-state index in [0.717, 1.165) is 0 Å². The van der Waals surface area contributed by atoms with Crippen LogP contribution in [-0.4, -0.2) is 39.2 Å². The van der Waals surface area contributed by atoms with Gasteiger partial charge >= 0.3 is 0 Å². The Balaban J connectivity index is 1.64. The monoisotopic (exact) mass is 356 g/mol. The third-order valence-electron chi connectivity index (χ3n) is 4.04. The van der Waals surface area contributed by atoms with E-state index in [-0.39, 0.29) is 31.4 Å². The van der Waals surface area contributed by atoms with Crippen molar-refractivity contribution in [1.82, 2.24) is 0 Å². The number of amides is 2. The molecule has 136 valence electrons. The first-order valence-corrected chi connectivity index (χ1v) is 8.16. The topological polar surface area (TPSA) is 77.1 Å². The number of carbonyl (C=O) groups excluding carboxylic acids is 2. The summed E-state index contributed by atoms with van der Waals surface area (Å²) in [4.78, 5) is 26.0. The van der Waals surface area contributed by atoms with Crippen molar-refractivity contribution in [2.75, 3.05) is 37.6 Å². The number of carbonyl (C=O) groups is 2. The molecule has 2 amide bonds. The van der Waals surface area contributed by atoms with Crippen LogP contribution in [0.25, 0.3) is 0 Å². The summed E-state index contributed by atoms with van der Waals surface area (Å²) >= 11 is 0. The molecule has 0 aliphatic carbocycles. The summed E-state index contributed by atoms with van der Waals surface area (Å²) in [6, 6.07) is 12.4. The Morgan fingerprint density at radius 3 is 2.69 bits per heavy atom. The minimum Gasteiger partial charge on any atom is -0.493 e. The molecule has 0 atom stereocenters. The Kier molecular flexibility index (Phi) is 5.26. The number of hydrogen-bond donors (Lipinski definition) is 1. The van der Waals surface area contributed by atoms with E-state index in [1.165, 1.54) is 7.11 Å². The van der Waals surface area contributed by atoms with Gasteiger partial charge in [0.15, 0.2) is 18.1 Å². The van der Waals surface area contributed by atoms with Gasteiger partial charge in [-0.05, 0) is 24.3 Å². The van der Waals surface area contributed by atoms with Crippen LogP contribution in [0.5, 0.6) is 17.2 Å². The van der Waals surface area contributed by atoms with Gasteiger partial charge in [-0.2, -0.15) is 0 Å². The molecule has 1 heterocycles. The Bertz CT molecular complexity index is 821. The lowest BCUT2D eigenvalue weighted by Crippen LogP contribution is -2.40. The zero-order valence-corrected chi connectivity index (χ0v) is 14.7. The largest absolute Gasteiger partial charge is 0.493 e. The highest BCUT2D eigenvalue weighted by atomic mass is 16.5. The predicted octanol–water partition coefficient (Wildman–Crippen LogP) is 2.46. The number of nitrogens with one attached hydrogen (secondary N) is 1. The summed E-state index contributed by atoms with van der Waals surface area (Å²) in [7, 11) is 3.08. The number of benzene rings is 2. The maximum absolute atomic E-state index is 12.3. The molecule has 26 heavy (non-hydrogen) atoms. The van der Waals surface area contributed by atoms with Crippen LogP contribution >= 0.6 is 0 Å². The second-order valence-corrected chi connectivity index (χ2v) is 5.67. The molecule has 0 unspecified atom stereocenters. The van der Waals surface area contributed by atoms with Gasteiger partial charge in [0.25, 0.3) is 5.91 Å². The molecule has 0 saturated carbocycles. The summed E-state index contributed by atoms with van der Waals surface area (Å²) in [5.41, 5.74) is 1.28. The maximum Gasteiger partial charge on any atom is 0.265 e. The fourth-order valence-corrected chi connectivity index (χ4v) is 2.75. The van der Waals surface area contributed by atoms with Crippen molar-refractivity contribution in [3.63, 3.8) is 0 Å². The lowest BCUT2D eigenvalue weighted by atomic mass is 10.2. The van der Waals surface area contributed by atoms with E-state index in [1.807, 2.05) is 12.1 Å². The van der Waals surface area contributed by atoms with Crippen LogP contribution < -0.4 is 24.4 Å². The normalized spacial score (nSPS) is 12.8. The van der Waals surface area contributed by atoms with Crippen molar-refractivity contribution < 1.29 is 23.8 Å². The molecular formula is C19H20N2O5. The molecular weight excluding hydrogens is 336 g/mol. The van der Waals surface area contributed by atoms with Crippen LogP contribution in [0.3, 0.4) is 0 Å². The third-order valence-corrected chi connectivity index (χ3v) is 4.04. The highest BCUT2D eigenvalue weighted by Crippen LogP contribution is 2.32. The fraction of sp³-hybridized carbons (Fsp3) is 0.263. The van der Waals surface area contributed by atoms with Gasteiger partial charge in [0, 0.05) is 24.7 Å². The molecule has 0 aromatic heterocycles. The van der Waals surface area contributed by atoms with Crippen LogP contribution in [0.4, 0.5) is 11.4 Å². The van der Waals surface area contributed by atoms with Crippen molar-refractivity contribution in [3.05, 3.63) is 42.5 Å². The van der Waals surface area contributed by atoms with Crippen LogP contribution in [0.2, 0.25) is 0 Å². The number of fused-ring (bicyclic) bond motifs is 1. The second kappa shape index (κ2) is 7.77. The lowest BCUT2D eigenvalue weighted by Gasteiger charge is -2.29. The Hall–Kier alpha value is -3.22. The molecule has 7 heteroatoms. The number of methoxy groups -OCH3 is 2. The molecule has 2 aromatic carbocycles. The first-order valence-electron chi connectivity index (χ1n) is 8.16. The van der Waals surface area contributed by atoms with Crippen molar-refractivity contribution in [2.24, 2.45) is 0 Å². The second-order valence-electron chi connectivity index (χ2n) is 5.67. The van der Waals surface area contributed by atoms with E-state index in [9.17, 15) is 9.59 Å². The molecule has 1 aliphatic rings. The number of hydrogen-bond acceptors (Lipinski definition) is 5. The van der Waals surface area contributed by atoms with Gasteiger partial charge in [0.05, 0.1) is 19.9 Å². The molecule has 1 aliphatic heterocycles. The Morgan fingerprint density at radius 1 is 1.15 bits per heavy atom. The predicted molar refractivity (Wildman–Crippen MR) is 97.1 cm³/mol. The Labute approximate surface area is 151 Å². The molecule has 0 saturated heterocycles. The smallest absolute Gasteiger partial charge is 0.265 e. The van der Waals surface area contributed by atoms with E-state index < -0.39 is 0 Å². The first kappa shape index (κ1) is 17.6. The summed E-state index contributed by atoms with van der Waals surface area (Å²) in [5.74, 6) is 1.40. The third kappa shape index (κ3) is 3.72. The van der Waals surface area contributed by atoms with Crippen LogP contribution in [-0.2, 0) is 9.59 Å². The number of anilines is 2. The summed E-state index contributed by atoms with van der Waals surface area (Å²) in [5, 5.41) is 2.80. The van der Waals surface area contributed by atoms with Gasteiger partial charge in [0.1, 0.15) is 5.75 Å². The van der Waals surface area contributed by atoms with Gasteiger partial charge in [-0.25, -0.2) is 0 Å². The number of rotatable bonds is 6. The van der Waals surface area contributed by atoms with Gasteiger partial charge in [-0.15, -0.1) is 0 Å². The summed E-state index contributed by atoms with van der Waals surface area (Å²) in [6.45, 7) is 0.257. The van der Waals surface area contributed by atoms with Crippen LogP contribution in [0, 0.1) is 0 Å². The van der Waals surface area contributed by atoms with Crippen LogP contribution in [0.1, 0.15) is 6.42 Å². The minimum absolute atomic E-state index is 0.0195. The fourth-order valence-electron chi connectivity index (χ4n) is 2.75. The number of ether oxygens (including phenoxy) is 3. The minimum atomic E-state index is -0.200. The first-order chi connectivity index (χ1) is 12.6. The number of nitrogens with zero attached hydrogens (tertiary/aromatic N) is 1. The Morgan fingerprint density at radius 2 is 1.92 bits per heavy atom. The van der Waals surface area contributed by atoms with Gasteiger partial charge < -0.3 is 24.4 Å². The van der Waals surface area contributed by atoms with Crippen molar-refractivity contribution in [1.29, 1.82) is 0 Å². The highest BCUT2D eigenvalue weighted by Gasteiger charge is 2.25. The van der Waals surface area contributed by atoms with Crippen LogP contribution in [0.15, 0.2) is 42.5 Å². The highest BCUT2D eigenvalue weighted by molar-refractivity contribution is 5.99. The van der Waals surface area contributed by atoms with E-state index in [4.69, 9.17) is 14.2 Å². The maximum atomic E-state index is 12.3. The number of para-hydroxylation sites is 2. The molecule has 1 N–H and O–H groups in total. The quantitative estimate of drug-likeness (QED) is 0.860. The summed E-state index contributed by atoms with van der Waals surface area (Å²) in [6.07, 6.45) is 0.161. The molecule has 2 aromatic rings. The van der Waals surface area contributed by atoms with E-state index in [2.05, 4.69) is 5.32 Å². The molecule has 7 nitrogen and oxygen atoms in total. The van der Waals surface area contributed by atoms with E-state index >= 15 is 0 Å². The SMILES string of the molecule is COc1ccc(NC(=O)CCN2C(=O)COc3ccccc32)cc1OC. The van der Waals surface area contributed by atoms with Crippen molar-refractivity contribution in [2.45, 2.75) is 6.42 Å². The van der Waals surface area contributed by atoms with E-state index in [1.54, 1.807) is 42.3 Å².